The molecule has 0 amide bonds. The van der Waals surface area contributed by atoms with Gasteiger partial charge in [-0.3, -0.25) is 0 Å². The van der Waals surface area contributed by atoms with Gasteiger partial charge in [0, 0.05) is 12.0 Å². The fourth-order valence-electron chi connectivity index (χ4n) is 3.07. The highest BCUT2D eigenvalue weighted by atomic mass is 16.6. The van der Waals surface area contributed by atoms with Crippen molar-refractivity contribution in [1.29, 1.82) is 0 Å². The van der Waals surface area contributed by atoms with Crippen LogP contribution in [-0.2, 0) is 9.47 Å². The Morgan fingerprint density at radius 1 is 1.19 bits per heavy atom. The molecule has 6 nitrogen and oxygen atoms in total. The number of aromatic nitrogens is 2. The molecule has 1 aliphatic carbocycles. The second-order valence-electron chi connectivity index (χ2n) is 5.93. The van der Waals surface area contributed by atoms with Gasteiger partial charge in [-0.15, -0.1) is 0 Å². The lowest BCUT2D eigenvalue weighted by Gasteiger charge is -2.27. The minimum atomic E-state index is -0.168. The van der Waals surface area contributed by atoms with E-state index in [0.29, 0.717) is 37.6 Å². The Morgan fingerprint density at radius 3 is 2.76 bits per heavy atom. The van der Waals surface area contributed by atoms with Gasteiger partial charge in [-0.25, -0.2) is 0 Å². The Balaban J connectivity index is 1.52. The molecule has 6 heteroatoms. The molecule has 2 heterocycles. The number of nitrogens with one attached hydrogen (secondary N) is 1. The van der Waals surface area contributed by atoms with Gasteiger partial charge in [0.15, 0.2) is 0 Å². The maximum atomic E-state index is 5.61. The average Bonchev–Trinajstić information content (AvgIpc) is 3.04. The van der Waals surface area contributed by atoms with Crippen molar-refractivity contribution in [2.45, 2.75) is 57.1 Å². The maximum Gasteiger partial charge on any atom is 0.229 e. The van der Waals surface area contributed by atoms with Crippen LogP contribution in [0.1, 0.15) is 62.8 Å². The fourth-order valence-corrected chi connectivity index (χ4v) is 3.07. The van der Waals surface area contributed by atoms with Gasteiger partial charge in [0.05, 0.1) is 19.8 Å². The molecule has 21 heavy (non-hydrogen) atoms. The predicted octanol–water partition coefficient (Wildman–Crippen LogP) is 2.18. The molecule has 0 aromatic carbocycles. The minimum Gasteiger partial charge on any atom is -0.376 e. The molecule has 1 aromatic rings. The molecule has 118 valence electrons. The first-order valence-corrected chi connectivity index (χ1v) is 8.13. The van der Waals surface area contributed by atoms with E-state index in [1.165, 1.54) is 19.3 Å². The largest absolute Gasteiger partial charge is 0.376 e. The molecule has 1 aromatic heterocycles. The van der Waals surface area contributed by atoms with E-state index >= 15 is 0 Å². The van der Waals surface area contributed by atoms with Gasteiger partial charge in [0.1, 0.15) is 6.10 Å². The Labute approximate surface area is 125 Å². The highest BCUT2D eigenvalue weighted by Crippen LogP contribution is 2.32. The quantitative estimate of drug-likeness (QED) is 0.898. The van der Waals surface area contributed by atoms with Crippen LogP contribution in [0.4, 0.5) is 0 Å². The van der Waals surface area contributed by atoms with Crippen LogP contribution >= 0.6 is 0 Å². The molecule has 0 radical (unpaired) electrons. The van der Waals surface area contributed by atoms with Crippen molar-refractivity contribution < 1.29 is 14.0 Å². The molecule has 0 bridgehead atoms. The number of ether oxygens (including phenoxy) is 2. The predicted molar refractivity (Wildman–Crippen MR) is 77.1 cm³/mol. The van der Waals surface area contributed by atoms with Gasteiger partial charge in [0.2, 0.25) is 11.7 Å². The summed E-state index contributed by atoms with van der Waals surface area (Å²) in [4.78, 5) is 4.54. The molecule has 2 aliphatic rings. The van der Waals surface area contributed by atoms with Crippen molar-refractivity contribution in [3.63, 3.8) is 0 Å². The Kier molecular flexibility index (Phi) is 5.22. The van der Waals surface area contributed by atoms with Gasteiger partial charge in [0.25, 0.3) is 0 Å². The normalized spacial score (nSPS) is 30.4. The van der Waals surface area contributed by atoms with Crippen molar-refractivity contribution in [2.75, 3.05) is 26.4 Å². The monoisotopic (exact) mass is 295 g/mol. The van der Waals surface area contributed by atoms with Crippen LogP contribution in [0.25, 0.3) is 0 Å². The lowest BCUT2D eigenvalue weighted by Crippen LogP contribution is -2.33. The van der Waals surface area contributed by atoms with Gasteiger partial charge in [-0.2, -0.15) is 4.98 Å². The van der Waals surface area contributed by atoms with Crippen molar-refractivity contribution in [3.8, 4) is 0 Å². The summed E-state index contributed by atoms with van der Waals surface area (Å²) in [6.07, 6.45) is 5.63. The molecule has 1 saturated heterocycles. The zero-order valence-electron chi connectivity index (χ0n) is 12.7. The highest BCUT2D eigenvalue weighted by Gasteiger charge is 2.28. The van der Waals surface area contributed by atoms with E-state index in [0.717, 1.165) is 25.3 Å². The van der Waals surface area contributed by atoms with E-state index in [1.54, 1.807) is 0 Å². The van der Waals surface area contributed by atoms with E-state index in [2.05, 4.69) is 22.4 Å². The van der Waals surface area contributed by atoms with Gasteiger partial charge < -0.3 is 19.3 Å². The van der Waals surface area contributed by atoms with Crippen molar-refractivity contribution in [2.24, 2.45) is 0 Å². The molecule has 1 unspecified atom stereocenters. The summed E-state index contributed by atoms with van der Waals surface area (Å²) < 4.78 is 16.5. The number of nitrogens with zero attached hydrogens (tertiary/aromatic N) is 2. The Hall–Kier alpha value is -0.980. The first-order valence-electron chi connectivity index (χ1n) is 8.13. The third kappa shape index (κ3) is 3.81. The van der Waals surface area contributed by atoms with Gasteiger partial charge >= 0.3 is 0 Å². The molecule has 1 atom stereocenters. The summed E-state index contributed by atoms with van der Waals surface area (Å²) in [5.74, 6) is 1.81. The molecular formula is C15H25N3O3. The summed E-state index contributed by atoms with van der Waals surface area (Å²) in [6.45, 7) is 5.08. The van der Waals surface area contributed by atoms with Crippen LogP contribution in [0, 0.1) is 0 Å². The number of hydrogen-bond donors (Lipinski definition) is 1. The lowest BCUT2D eigenvalue weighted by atomic mass is 9.86. The summed E-state index contributed by atoms with van der Waals surface area (Å²) in [5.41, 5.74) is 0. The van der Waals surface area contributed by atoms with Crippen LogP contribution in [-0.4, -0.2) is 42.5 Å². The first-order chi connectivity index (χ1) is 10.4. The van der Waals surface area contributed by atoms with Crippen LogP contribution in [0.3, 0.4) is 0 Å². The fraction of sp³-hybridized carbons (Fsp3) is 0.867. The maximum absolute atomic E-state index is 5.61. The van der Waals surface area contributed by atoms with Gasteiger partial charge in [-0.1, -0.05) is 12.1 Å². The van der Waals surface area contributed by atoms with E-state index in [9.17, 15) is 0 Å². The molecule has 0 spiro atoms. The second kappa shape index (κ2) is 7.33. The molecule has 1 N–H and O–H groups in total. The summed E-state index contributed by atoms with van der Waals surface area (Å²) in [6, 6.07) is 0.652. The zero-order valence-corrected chi connectivity index (χ0v) is 12.7. The molecule has 3 rings (SSSR count). The lowest BCUT2D eigenvalue weighted by molar-refractivity contribution is -0.0941. The second-order valence-corrected chi connectivity index (χ2v) is 5.93. The van der Waals surface area contributed by atoms with E-state index in [-0.39, 0.29) is 6.10 Å². The number of rotatable bonds is 5. The number of hydrogen-bond acceptors (Lipinski definition) is 6. The Bertz CT molecular complexity index is 424. The van der Waals surface area contributed by atoms with E-state index in [1.807, 2.05) is 0 Å². The summed E-state index contributed by atoms with van der Waals surface area (Å²) in [7, 11) is 0. The van der Waals surface area contributed by atoms with Crippen molar-refractivity contribution >= 4 is 0 Å². The van der Waals surface area contributed by atoms with Crippen LogP contribution < -0.4 is 5.32 Å². The summed E-state index contributed by atoms with van der Waals surface area (Å²) >= 11 is 0. The molecule has 1 aliphatic heterocycles. The van der Waals surface area contributed by atoms with E-state index < -0.39 is 0 Å². The molecular weight excluding hydrogens is 270 g/mol. The summed E-state index contributed by atoms with van der Waals surface area (Å²) in [5, 5.41) is 7.67. The standard InChI is InChI=1S/C15H25N3O3/c1-2-7-16-12-5-3-11(4-6-12)15-17-14(18-21-15)13-10-19-8-9-20-13/h11-13,16H,2-10H2,1H3. The van der Waals surface area contributed by atoms with Crippen LogP contribution in [0.15, 0.2) is 4.52 Å². The minimum absolute atomic E-state index is 0.168. The van der Waals surface area contributed by atoms with Gasteiger partial charge in [-0.05, 0) is 38.6 Å². The van der Waals surface area contributed by atoms with Crippen LogP contribution in [0.5, 0.6) is 0 Å². The smallest absolute Gasteiger partial charge is 0.229 e. The first kappa shape index (κ1) is 14.9. The average molecular weight is 295 g/mol. The van der Waals surface area contributed by atoms with Crippen molar-refractivity contribution in [3.05, 3.63) is 11.7 Å². The highest BCUT2D eigenvalue weighted by molar-refractivity contribution is 4.99. The zero-order chi connectivity index (χ0) is 14.5. The third-order valence-electron chi connectivity index (χ3n) is 4.32. The molecule has 1 saturated carbocycles. The topological polar surface area (TPSA) is 69.4 Å². The molecule has 2 fully saturated rings. The van der Waals surface area contributed by atoms with Crippen LogP contribution in [0.2, 0.25) is 0 Å². The Morgan fingerprint density at radius 2 is 2.05 bits per heavy atom. The van der Waals surface area contributed by atoms with E-state index in [4.69, 9.17) is 14.0 Å². The van der Waals surface area contributed by atoms with Crippen molar-refractivity contribution in [1.82, 2.24) is 15.5 Å². The third-order valence-corrected chi connectivity index (χ3v) is 4.32. The SMILES string of the molecule is CCCNC1CCC(c2nc(C3COCCO3)no2)CC1.